The zero-order valence-corrected chi connectivity index (χ0v) is 54.0. The first-order valence-corrected chi connectivity index (χ1v) is 36.3. The van der Waals surface area contributed by atoms with Crippen LogP contribution in [-0.4, -0.2) is 109 Å². The van der Waals surface area contributed by atoms with Crippen molar-refractivity contribution in [1.29, 1.82) is 0 Å². The van der Waals surface area contributed by atoms with Crippen molar-refractivity contribution in [3.05, 3.63) is 84.6 Å². The van der Waals surface area contributed by atoms with Crippen LogP contribution in [0, 0.1) is 5.82 Å². The maximum absolute atomic E-state index is 14.0. The molecule has 1 aromatic carbocycles. The molecule has 4 unspecified atom stereocenters. The number of fused-ring (bicyclic) bond motifs is 2. The van der Waals surface area contributed by atoms with E-state index in [0.29, 0.717) is 63.0 Å². The molecule has 1 N–H and O–H groups in total. The first kappa shape index (κ1) is 61.5. The van der Waals surface area contributed by atoms with E-state index in [0.717, 1.165) is 12.8 Å². The summed E-state index contributed by atoms with van der Waals surface area (Å²) in [5, 5.41) is 3.37. The monoisotopic (exact) mass is 1190 g/mol. The number of hydrogen-bond donors (Lipinski definition) is 1. The highest BCUT2D eigenvalue weighted by atomic mass is 79.9. The Kier molecular flexibility index (Phi) is 18.2. The predicted octanol–water partition coefficient (Wildman–Crippen LogP) is 12.3. The summed E-state index contributed by atoms with van der Waals surface area (Å²) < 4.78 is 55.0. The lowest BCUT2D eigenvalue weighted by Crippen LogP contribution is -2.54. The molecule has 2 saturated heterocycles. The van der Waals surface area contributed by atoms with E-state index in [9.17, 15) is 18.8 Å². The molecule has 0 bridgehead atoms. The summed E-state index contributed by atoms with van der Waals surface area (Å²) in [5.41, 5.74) is 1.67. The summed E-state index contributed by atoms with van der Waals surface area (Å²) >= 11 is 10.0. The van der Waals surface area contributed by atoms with Gasteiger partial charge in [-0.3, -0.25) is 14.2 Å². The number of ether oxygens (including phenoxy) is 2. The number of aromatic nitrogens is 6. The van der Waals surface area contributed by atoms with Gasteiger partial charge < -0.3 is 46.7 Å². The largest absolute Gasteiger partial charge is 0.444 e. The van der Waals surface area contributed by atoms with Gasteiger partial charge in [0.2, 0.25) is 5.95 Å². The van der Waals surface area contributed by atoms with E-state index in [2.05, 4.69) is 128 Å². The quantitative estimate of drug-likeness (QED) is 0.119. The highest BCUT2D eigenvalue weighted by Crippen LogP contribution is 2.48. The minimum absolute atomic E-state index is 0.00799. The van der Waals surface area contributed by atoms with Crippen molar-refractivity contribution < 1.29 is 31.9 Å². The van der Waals surface area contributed by atoms with E-state index in [4.69, 9.17) is 39.3 Å². The number of carbonyl (C=O) groups excluding carboxylic acids is 1. The number of nitrogens with one attached hydrogen (secondary N) is 1. The number of aryl methyl sites for hydroxylation is 2. The van der Waals surface area contributed by atoms with Gasteiger partial charge in [0, 0.05) is 50.6 Å². The molecule has 6 heterocycles. The number of anilines is 1. The molecule has 2 aliphatic heterocycles. The lowest BCUT2D eigenvalue weighted by molar-refractivity contribution is -0.0478. The van der Waals surface area contributed by atoms with Crippen molar-refractivity contribution in [2.75, 3.05) is 24.6 Å². The molecule has 1 amide bonds. The lowest BCUT2D eigenvalue weighted by Gasteiger charge is -2.44. The second-order valence-corrected chi connectivity index (χ2v) is 41.6. The van der Waals surface area contributed by atoms with E-state index < -0.39 is 54.8 Å². The van der Waals surface area contributed by atoms with Crippen LogP contribution in [0.2, 0.25) is 59.4 Å². The zero-order chi connectivity index (χ0) is 57.1. The zero-order valence-electron chi connectivity index (χ0n) is 48.7. The van der Waals surface area contributed by atoms with E-state index in [-0.39, 0.29) is 51.0 Å². The molecule has 5 atom stereocenters. The van der Waals surface area contributed by atoms with Crippen LogP contribution >= 0.6 is 27.5 Å². The summed E-state index contributed by atoms with van der Waals surface area (Å²) in [6, 6.07) is 7.74. The third-order valence-electron chi connectivity index (χ3n) is 16.0. The van der Waals surface area contributed by atoms with Crippen LogP contribution in [0.4, 0.5) is 15.1 Å². The molecule has 0 saturated carbocycles. The number of hydrogen-bond acceptors (Lipinski definition) is 11. The normalized spacial score (nSPS) is 20.3. The third-order valence-corrected chi connectivity index (χ3v) is 30.4. The van der Waals surface area contributed by atoms with Gasteiger partial charge in [-0.15, -0.1) is 0 Å². The van der Waals surface area contributed by atoms with Crippen LogP contribution in [0.25, 0.3) is 22.1 Å². The summed E-state index contributed by atoms with van der Waals surface area (Å²) in [4.78, 5) is 49.8. The summed E-state index contributed by atoms with van der Waals surface area (Å²) in [5.74, 6) is 0.173. The minimum atomic E-state index is -2.30. The van der Waals surface area contributed by atoms with Crippen LogP contribution in [0.15, 0.2) is 57.0 Å². The fourth-order valence-corrected chi connectivity index (χ4v) is 12.8. The van der Waals surface area contributed by atoms with Crippen molar-refractivity contribution in [2.45, 2.75) is 193 Å². The SMILES string of the molecule is Cn1ccc2c(nc(Br)n2C2OC(CO[Si](C)(C)C(C)(C)C)C(O[Si](C)(C)C(C)(C)C)C2O[Si](C)(C)C(C)(C)C)c1=O.Cn1ccc2nc(N3CCC[C@@H](NC(=O)OC(C)(C)C)C3)n(Cc3cc(F)ccc3Cl)c2c1=O. The Morgan fingerprint density at radius 2 is 1.41 bits per heavy atom. The molecule has 422 valence electrons. The third kappa shape index (κ3) is 13.7. The molecule has 2 aliphatic rings. The number of imidazole rings is 2. The van der Waals surface area contributed by atoms with Crippen molar-refractivity contribution in [3.63, 3.8) is 0 Å². The molecule has 7 rings (SSSR count). The first-order chi connectivity index (χ1) is 34.7. The number of halogens is 3. The maximum atomic E-state index is 14.0. The Bertz CT molecular complexity index is 3020. The van der Waals surface area contributed by atoms with Gasteiger partial charge in [-0.25, -0.2) is 19.2 Å². The van der Waals surface area contributed by atoms with Crippen molar-refractivity contribution in [1.82, 2.24) is 33.6 Å². The van der Waals surface area contributed by atoms with Gasteiger partial charge in [0.15, 0.2) is 41.4 Å². The highest BCUT2D eigenvalue weighted by Gasteiger charge is 2.55. The Hall–Kier alpha value is -3.68. The summed E-state index contributed by atoms with van der Waals surface area (Å²) in [6.45, 7) is 41.1. The molecule has 16 nitrogen and oxygen atoms in total. The minimum Gasteiger partial charge on any atom is -0.444 e. The van der Waals surface area contributed by atoms with Crippen LogP contribution in [0.1, 0.15) is 108 Å². The van der Waals surface area contributed by atoms with E-state index in [1.807, 2.05) is 36.3 Å². The Morgan fingerprint density at radius 1 is 0.829 bits per heavy atom. The van der Waals surface area contributed by atoms with Gasteiger partial charge >= 0.3 is 6.09 Å². The number of amides is 1. The average molecular weight is 1190 g/mol. The topological polar surface area (TPSA) is 158 Å². The number of pyridine rings is 2. The van der Waals surface area contributed by atoms with Crippen molar-refractivity contribution in [2.24, 2.45) is 14.1 Å². The van der Waals surface area contributed by atoms with Crippen molar-refractivity contribution in [3.8, 4) is 0 Å². The van der Waals surface area contributed by atoms with Crippen LogP contribution in [0.3, 0.4) is 0 Å². The van der Waals surface area contributed by atoms with Crippen LogP contribution in [0.5, 0.6) is 0 Å². The molecule has 2 fully saturated rings. The number of carbonyl (C=O) groups is 1. The Labute approximate surface area is 465 Å². The maximum Gasteiger partial charge on any atom is 0.407 e. The van der Waals surface area contributed by atoms with Crippen LogP contribution in [-0.2, 0) is 43.4 Å². The second-order valence-electron chi connectivity index (χ2n) is 26.2. The molecule has 0 aliphatic carbocycles. The lowest BCUT2D eigenvalue weighted by atomic mass is 10.1. The molecule has 0 radical (unpaired) electrons. The van der Waals surface area contributed by atoms with Gasteiger partial charge in [0.05, 0.1) is 24.2 Å². The number of alkyl carbamates (subject to hydrolysis) is 1. The van der Waals surface area contributed by atoms with Gasteiger partial charge in [0.1, 0.15) is 35.2 Å². The molecule has 4 aromatic heterocycles. The summed E-state index contributed by atoms with van der Waals surface area (Å²) in [7, 11) is -3.23. The highest BCUT2D eigenvalue weighted by molar-refractivity contribution is 9.10. The molecule has 5 aromatic rings. The number of rotatable bonds is 12. The molecular weight excluding hydrogens is 1110 g/mol. The van der Waals surface area contributed by atoms with E-state index in [1.165, 1.54) is 22.8 Å². The van der Waals surface area contributed by atoms with E-state index >= 15 is 0 Å². The molecular formula is C54H85BrClFN8O8Si3. The Balaban J connectivity index is 0.000000252. The number of nitrogens with zero attached hydrogens (tertiary/aromatic N) is 7. The fraction of sp³-hybridized carbons (Fsp3) is 0.648. The molecule has 22 heteroatoms. The van der Waals surface area contributed by atoms with E-state index in [1.54, 1.807) is 41.7 Å². The second kappa shape index (κ2) is 22.5. The van der Waals surface area contributed by atoms with Gasteiger partial charge in [-0.2, -0.15) is 0 Å². The first-order valence-electron chi connectivity index (χ1n) is 26.4. The van der Waals surface area contributed by atoms with Gasteiger partial charge in [-0.1, -0.05) is 73.9 Å². The van der Waals surface area contributed by atoms with Gasteiger partial charge in [0.25, 0.3) is 11.1 Å². The Morgan fingerprint density at radius 3 is 2.00 bits per heavy atom. The number of benzene rings is 1. The summed E-state index contributed by atoms with van der Waals surface area (Å²) in [6.07, 6.45) is 2.90. The smallest absolute Gasteiger partial charge is 0.407 e. The standard InChI is InChI=1S/C30H56BrN3O5Si3.C24H29ClFN5O3/c1-28(2,3)40(11,12)36-19-21-23(38-41(13,14)29(4,5)6)24(39-42(15,16)30(7,8)9)26(37-21)34-20-17-18-33(10)25(35)22(20)32-27(34)31;1-24(2,3)34-23(33)27-17-6-5-10-30(14-17)22-28-19-9-11-29(4)21(32)20(19)31(22)13-15-12-16(26)7-8-18(15)25/h17-18,21,23-24,26H,19H2,1-16H3;7-9,11-12,17H,5-6,10,13-14H2,1-4H3,(H,27,33)/t;17-/m.1/s1. The van der Waals surface area contributed by atoms with Crippen molar-refractivity contribution >= 4 is 86.6 Å². The average Bonchev–Trinajstić information content (AvgIpc) is 3.92. The van der Waals surface area contributed by atoms with Gasteiger partial charge in [-0.05, 0) is 140 Å². The molecule has 0 spiro atoms. The fourth-order valence-electron chi connectivity index (χ4n) is 8.45. The molecule has 76 heavy (non-hydrogen) atoms. The predicted molar refractivity (Wildman–Crippen MR) is 314 cm³/mol. The number of piperidine rings is 1. The van der Waals surface area contributed by atoms with Crippen LogP contribution < -0.4 is 21.3 Å².